The maximum Gasteiger partial charge on any atom is 0.336 e. The lowest BCUT2D eigenvalue weighted by Crippen LogP contribution is -2.55. The van der Waals surface area contributed by atoms with Crippen molar-refractivity contribution < 1.29 is 28.4 Å². The smallest absolute Gasteiger partial charge is 0.336 e. The van der Waals surface area contributed by atoms with Gasteiger partial charge in [-0.05, 0) is 64.3 Å². The Balaban J connectivity index is 1.67. The number of amides is 5. The number of likely N-dealkylation sites (tertiary alicyclic amines) is 1. The molecule has 0 unspecified atom stereocenters. The first-order chi connectivity index (χ1) is 18.0. The predicted molar refractivity (Wildman–Crippen MR) is 139 cm³/mol. The summed E-state index contributed by atoms with van der Waals surface area (Å²) in [6.45, 7) is 5.05. The number of aryl methyl sites for hydroxylation is 1. The summed E-state index contributed by atoms with van der Waals surface area (Å²) in [5, 5.41) is 8.62. The molecule has 2 heterocycles. The van der Waals surface area contributed by atoms with E-state index < -0.39 is 53.3 Å². The zero-order valence-electron chi connectivity index (χ0n) is 21.7. The zero-order valence-corrected chi connectivity index (χ0v) is 21.7. The van der Waals surface area contributed by atoms with Crippen LogP contribution in [0.1, 0.15) is 51.5 Å². The van der Waals surface area contributed by atoms with Gasteiger partial charge in [0.2, 0.25) is 29.5 Å². The molecule has 3 rings (SSSR count). The standard InChI is InChI=1S/C26H33N5O7/c1-14-12-23(34)38-20-13-17(7-8-18(14)20)29-26(37)19(6-4-5-11-27)30-24(35)15(2)28-25(36)16(3)31-21(32)9-10-22(31)33/h7-8,12-13,15-16,19H,4-6,9-11,27H2,1-3H3,(H,28,36)(H,29,37)(H,30,35)/t15-,16-,19-/m0/s1. The maximum absolute atomic E-state index is 13.1. The van der Waals surface area contributed by atoms with Crippen molar-refractivity contribution in [2.45, 2.75) is 71.0 Å². The highest BCUT2D eigenvalue weighted by molar-refractivity contribution is 6.06. The third-order valence-electron chi connectivity index (χ3n) is 6.41. The van der Waals surface area contributed by atoms with Crippen LogP contribution in [0.25, 0.3) is 11.0 Å². The lowest BCUT2D eigenvalue weighted by molar-refractivity contribution is -0.146. The van der Waals surface area contributed by atoms with Crippen LogP contribution in [0, 0.1) is 6.92 Å². The minimum absolute atomic E-state index is 0.0506. The summed E-state index contributed by atoms with van der Waals surface area (Å²) in [5.41, 5.74) is 6.50. The molecule has 0 saturated carbocycles. The highest BCUT2D eigenvalue weighted by Crippen LogP contribution is 2.21. The minimum atomic E-state index is -1.06. The molecule has 0 aliphatic carbocycles. The van der Waals surface area contributed by atoms with Crippen LogP contribution in [0.2, 0.25) is 0 Å². The van der Waals surface area contributed by atoms with Crippen LogP contribution in [0.15, 0.2) is 33.5 Å². The number of unbranched alkanes of at least 4 members (excludes halogenated alkanes) is 1. The summed E-state index contributed by atoms with van der Waals surface area (Å²) >= 11 is 0. The first-order valence-corrected chi connectivity index (χ1v) is 12.5. The Bertz CT molecular complexity index is 1290. The van der Waals surface area contributed by atoms with E-state index in [0.717, 1.165) is 15.8 Å². The van der Waals surface area contributed by atoms with Crippen LogP contribution in [0.4, 0.5) is 5.69 Å². The highest BCUT2D eigenvalue weighted by atomic mass is 16.4. The quantitative estimate of drug-likeness (QED) is 0.187. The number of anilines is 1. The first-order valence-electron chi connectivity index (χ1n) is 12.5. The fourth-order valence-electron chi connectivity index (χ4n) is 4.23. The average Bonchev–Trinajstić information content (AvgIpc) is 3.19. The van der Waals surface area contributed by atoms with E-state index in [1.54, 1.807) is 19.1 Å². The van der Waals surface area contributed by atoms with Gasteiger partial charge in [0.05, 0.1) is 0 Å². The summed E-state index contributed by atoms with van der Waals surface area (Å²) < 4.78 is 5.23. The largest absolute Gasteiger partial charge is 0.423 e. The van der Waals surface area contributed by atoms with Crippen LogP contribution >= 0.6 is 0 Å². The van der Waals surface area contributed by atoms with Gasteiger partial charge in [-0.2, -0.15) is 0 Å². The summed E-state index contributed by atoms with van der Waals surface area (Å²) in [6.07, 6.45) is 1.61. The number of carbonyl (C=O) groups is 5. The lowest BCUT2D eigenvalue weighted by Gasteiger charge is -2.25. The van der Waals surface area contributed by atoms with E-state index in [-0.39, 0.29) is 12.8 Å². The third kappa shape index (κ3) is 6.82. The number of hydrogen-bond donors (Lipinski definition) is 4. The fourth-order valence-corrected chi connectivity index (χ4v) is 4.23. The van der Waals surface area contributed by atoms with E-state index in [2.05, 4.69) is 16.0 Å². The average molecular weight is 528 g/mol. The van der Waals surface area contributed by atoms with Gasteiger partial charge in [0.1, 0.15) is 23.7 Å². The maximum atomic E-state index is 13.1. The Morgan fingerprint density at radius 2 is 1.66 bits per heavy atom. The second kappa shape index (κ2) is 12.5. The van der Waals surface area contributed by atoms with Gasteiger partial charge >= 0.3 is 5.63 Å². The van der Waals surface area contributed by atoms with Crippen LogP contribution in [0.3, 0.4) is 0 Å². The SMILES string of the molecule is Cc1cc(=O)oc2cc(NC(=O)[C@H](CCCCN)NC(=O)[C@H](C)NC(=O)[C@H](C)N3C(=O)CCC3=O)ccc12. The Morgan fingerprint density at radius 3 is 2.32 bits per heavy atom. The molecule has 0 bridgehead atoms. The van der Waals surface area contributed by atoms with Crippen LogP contribution < -0.4 is 27.3 Å². The molecule has 1 saturated heterocycles. The van der Waals surface area contributed by atoms with Crippen molar-refractivity contribution in [1.82, 2.24) is 15.5 Å². The number of nitrogens with two attached hydrogens (primary N) is 1. The van der Waals surface area contributed by atoms with E-state index in [0.29, 0.717) is 37.1 Å². The Labute approximate surface area is 219 Å². The lowest BCUT2D eigenvalue weighted by atomic mass is 10.1. The predicted octanol–water partition coefficient (Wildman–Crippen LogP) is 0.696. The summed E-state index contributed by atoms with van der Waals surface area (Å²) in [5.74, 6) is -2.64. The van der Waals surface area contributed by atoms with E-state index in [1.165, 1.54) is 26.0 Å². The third-order valence-corrected chi connectivity index (χ3v) is 6.41. The van der Waals surface area contributed by atoms with Crippen molar-refractivity contribution in [1.29, 1.82) is 0 Å². The van der Waals surface area contributed by atoms with Crippen LogP contribution in [0.5, 0.6) is 0 Å². The highest BCUT2D eigenvalue weighted by Gasteiger charge is 2.37. The van der Waals surface area contributed by atoms with Crippen molar-refractivity contribution in [3.05, 3.63) is 40.2 Å². The van der Waals surface area contributed by atoms with E-state index in [1.807, 2.05) is 0 Å². The van der Waals surface area contributed by atoms with Gasteiger partial charge < -0.3 is 26.1 Å². The molecule has 1 aromatic carbocycles. The number of fused-ring (bicyclic) bond motifs is 1. The molecule has 12 nitrogen and oxygen atoms in total. The van der Waals surface area contributed by atoms with E-state index in [9.17, 15) is 28.8 Å². The molecule has 12 heteroatoms. The molecule has 5 N–H and O–H groups in total. The molecule has 38 heavy (non-hydrogen) atoms. The summed E-state index contributed by atoms with van der Waals surface area (Å²) in [4.78, 5) is 75.0. The Morgan fingerprint density at radius 1 is 0.974 bits per heavy atom. The summed E-state index contributed by atoms with van der Waals surface area (Å²) in [6, 6.07) is 3.26. The first kappa shape index (κ1) is 28.5. The monoisotopic (exact) mass is 527 g/mol. The van der Waals surface area contributed by atoms with Gasteiger partial charge in [0, 0.05) is 36.0 Å². The molecule has 1 fully saturated rings. The van der Waals surface area contributed by atoms with Crippen molar-refractivity contribution in [3.8, 4) is 0 Å². The van der Waals surface area contributed by atoms with Gasteiger partial charge in [-0.1, -0.05) is 0 Å². The molecule has 204 valence electrons. The molecule has 5 amide bonds. The summed E-state index contributed by atoms with van der Waals surface area (Å²) in [7, 11) is 0. The van der Waals surface area contributed by atoms with Crippen molar-refractivity contribution in [2.24, 2.45) is 5.73 Å². The molecular weight excluding hydrogens is 494 g/mol. The number of imide groups is 1. The van der Waals surface area contributed by atoms with Gasteiger partial charge in [-0.3, -0.25) is 28.9 Å². The Kier molecular flexibility index (Phi) is 9.35. The van der Waals surface area contributed by atoms with Gasteiger partial charge in [-0.25, -0.2) is 4.79 Å². The molecule has 1 aromatic heterocycles. The molecule has 1 aliphatic rings. The van der Waals surface area contributed by atoms with Gasteiger partial charge in [0.25, 0.3) is 0 Å². The molecular formula is C26H33N5O7. The molecule has 1 aliphatic heterocycles. The molecule has 0 spiro atoms. The van der Waals surface area contributed by atoms with Crippen molar-refractivity contribution in [2.75, 3.05) is 11.9 Å². The number of rotatable bonds is 11. The second-order valence-corrected chi connectivity index (χ2v) is 9.36. The number of hydrogen-bond acceptors (Lipinski definition) is 8. The van der Waals surface area contributed by atoms with E-state index in [4.69, 9.17) is 10.2 Å². The topological polar surface area (TPSA) is 181 Å². The normalized spacial score (nSPS) is 15.7. The van der Waals surface area contributed by atoms with Crippen molar-refractivity contribution >= 4 is 46.2 Å². The second-order valence-electron chi connectivity index (χ2n) is 9.36. The zero-order chi connectivity index (χ0) is 28.0. The molecule has 3 atom stereocenters. The number of nitrogens with one attached hydrogen (secondary N) is 3. The van der Waals surface area contributed by atoms with E-state index >= 15 is 0 Å². The molecule has 0 radical (unpaired) electrons. The fraction of sp³-hybridized carbons (Fsp3) is 0.462. The number of carbonyl (C=O) groups excluding carboxylic acids is 5. The van der Waals surface area contributed by atoms with Crippen LogP contribution in [-0.4, -0.2) is 59.1 Å². The van der Waals surface area contributed by atoms with Gasteiger partial charge in [0.15, 0.2) is 0 Å². The molecule has 2 aromatic rings. The number of nitrogens with zero attached hydrogens (tertiary/aromatic N) is 1. The van der Waals surface area contributed by atoms with Gasteiger partial charge in [-0.15, -0.1) is 0 Å². The Hall–Kier alpha value is -4.06. The minimum Gasteiger partial charge on any atom is -0.423 e. The van der Waals surface area contributed by atoms with Crippen LogP contribution in [-0.2, 0) is 24.0 Å². The van der Waals surface area contributed by atoms with Crippen molar-refractivity contribution in [3.63, 3.8) is 0 Å². The number of benzene rings is 1.